The van der Waals surface area contributed by atoms with Crippen LogP contribution in [0.5, 0.6) is 0 Å². The summed E-state index contributed by atoms with van der Waals surface area (Å²) in [4.78, 5) is 13.9. The van der Waals surface area contributed by atoms with Gasteiger partial charge in [-0.05, 0) is 29.7 Å². The van der Waals surface area contributed by atoms with Gasteiger partial charge in [0.05, 0.1) is 0 Å². The molecule has 0 saturated carbocycles. The Labute approximate surface area is 110 Å². The minimum absolute atomic E-state index is 0.253. The van der Waals surface area contributed by atoms with Crippen molar-refractivity contribution in [2.75, 3.05) is 19.0 Å². The van der Waals surface area contributed by atoms with Gasteiger partial charge in [-0.1, -0.05) is 27.4 Å². The molecule has 0 aliphatic carbocycles. The average Bonchev–Trinajstić information content (AvgIpc) is 2.41. The Bertz CT molecular complexity index is 293. The summed E-state index contributed by atoms with van der Waals surface area (Å²) < 4.78 is 0. The highest BCUT2D eigenvalue weighted by molar-refractivity contribution is 6.19. The summed E-state index contributed by atoms with van der Waals surface area (Å²) in [6, 6.07) is 0. The van der Waals surface area contributed by atoms with E-state index in [2.05, 4.69) is 27.4 Å². The third-order valence-electron chi connectivity index (χ3n) is 3.64. The summed E-state index contributed by atoms with van der Waals surface area (Å²) in [5.41, 5.74) is 1.22. The molecule has 3 heteroatoms. The lowest BCUT2D eigenvalue weighted by Gasteiger charge is -2.29. The van der Waals surface area contributed by atoms with Crippen LogP contribution >= 0.6 is 11.6 Å². The van der Waals surface area contributed by atoms with Crippen molar-refractivity contribution in [3.05, 3.63) is 12.2 Å². The van der Waals surface area contributed by atoms with Crippen molar-refractivity contribution in [2.24, 2.45) is 11.3 Å². The van der Waals surface area contributed by atoms with Crippen molar-refractivity contribution in [3.8, 4) is 0 Å². The van der Waals surface area contributed by atoms with Crippen molar-refractivity contribution >= 4 is 17.5 Å². The average molecular weight is 258 g/mol. The number of carbonyl (C=O) groups excluding carboxylic acids is 1. The molecule has 1 heterocycles. The summed E-state index contributed by atoms with van der Waals surface area (Å²) in [6.45, 7) is 12.1. The molecule has 1 fully saturated rings. The van der Waals surface area contributed by atoms with Gasteiger partial charge in [-0.15, -0.1) is 11.6 Å². The first-order valence-electron chi connectivity index (χ1n) is 6.35. The maximum absolute atomic E-state index is 12.0. The highest BCUT2D eigenvalue weighted by Crippen LogP contribution is 2.34. The smallest absolute Gasteiger partial charge is 0.222 e. The van der Waals surface area contributed by atoms with Crippen LogP contribution in [0.3, 0.4) is 0 Å². The van der Waals surface area contributed by atoms with Crippen LogP contribution in [0.15, 0.2) is 12.2 Å². The minimum atomic E-state index is 0.253. The highest BCUT2D eigenvalue weighted by Gasteiger charge is 2.29. The number of hydrogen-bond acceptors (Lipinski definition) is 1. The van der Waals surface area contributed by atoms with E-state index in [-0.39, 0.29) is 5.91 Å². The molecule has 0 bridgehead atoms. The van der Waals surface area contributed by atoms with Gasteiger partial charge < -0.3 is 4.90 Å². The van der Waals surface area contributed by atoms with Gasteiger partial charge in [0.1, 0.15) is 0 Å². The van der Waals surface area contributed by atoms with Crippen molar-refractivity contribution < 1.29 is 4.79 Å². The fourth-order valence-electron chi connectivity index (χ4n) is 2.38. The molecule has 1 aliphatic heterocycles. The number of rotatable bonds is 3. The third-order valence-corrected chi connectivity index (χ3v) is 4.01. The Balaban J connectivity index is 2.61. The standard InChI is InChI=1S/C14H24ClNO/c1-11(9-15)10-16-8-7-12(14(2,3)4)5-6-13(16)17/h12H,1,5-10H2,2-4H3. The molecule has 0 radical (unpaired) electrons. The van der Waals surface area contributed by atoms with Crippen molar-refractivity contribution in [2.45, 2.75) is 40.0 Å². The van der Waals surface area contributed by atoms with Crippen LogP contribution in [0.4, 0.5) is 0 Å². The highest BCUT2D eigenvalue weighted by atomic mass is 35.5. The predicted molar refractivity (Wildman–Crippen MR) is 73.2 cm³/mol. The van der Waals surface area contributed by atoms with Crippen LogP contribution in [0, 0.1) is 11.3 Å². The summed E-state index contributed by atoms with van der Waals surface area (Å²) in [6.07, 6.45) is 2.76. The van der Waals surface area contributed by atoms with E-state index >= 15 is 0 Å². The maximum atomic E-state index is 12.0. The fraction of sp³-hybridized carbons (Fsp3) is 0.786. The number of amides is 1. The van der Waals surface area contributed by atoms with E-state index in [9.17, 15) is 4.79 Å². The Kier molecular flexibility index (Phi) is 5.05. The molecule has 98 valence electrons. The predicted octanol–water partition coefficient (Wildman–Crippen LogP) is 3.46. The van der Waals surface area contributed by atoms with Crippen LogP contribution in [0.2, 0.25) is 0 Å². The maximum Gasteiger partial charge on any atom is 0.222 e. The molecule has 1 aliphatic rings. The molecule has 0 aromatic rings. The second kappa shape index (κ2) is 5.90. The first-order chi connectivity index (χ1) is 7.84. The number of halogens is 1. The van der Waals surface area contributed by atoms with E-state index < -0.39 is 0 Å². The largest absolute Gasteiger partial charge is 0.339 e. The number of likely N-dealkylation sites (tertiary alicyclic amines) is 1. The summed E-state index contributed by atoms with van der Waals surface area (Å²) in [5, 5.41) is 0. The lowest BCUT2D eigenvalue weighted by atomic mass is 9.77. The first-order valence-corrected chi connectivity index (χ1v) is 6.88. The monoisotopic (exact) mass is 257 g/mol. The lowest BCUT2D eigenvalue weighted by molar-refractivity contribution is -0.130. The summed E-state index contributed by atoms with van der Waals surface area (Å²) >= 11 is 5.72. The first kappa shape index (κ1) is 14.6. The van der Waals surface area contributed by atoms with E-state index in [0.29, 0.717) is 30.2 Å². The van der Waals surface area contributed by atoms with E-state index in [4.69, 9.17) is 11.6 Å². The van der Waals surface area contributed by atoms with Gasteiger partial charge >= 0.3 is 0 Å². The molecule has 0 N–H and O–H groups in total. The van der Waals surface area contributed by atoms with Gasteiger partial charge in [0.2, 0.25) is 5.91 Å². The Morgan fingerprint density at radius 2 is 2.12 bits per heavy atom. The molecule has 1 unspecified atom stereocenters. The molecule has 2 nitrogen and oxygen atoms in total. The van der Waals surface area contributed by atoms with E-state index in [1.807, 2.05) is 4.90 Å². The number of carbonyl (C=O) groups is 1. The van der Waals surface area contributed by atoms with Crippen LogP contribution < -0.4 is 0 Å². The summed E-state index contributed by atoms with van der Waals surface area (Å²) in [5.74, 6) is 1.32. The van der Waals surface area contributed by atoms with Gasteiger partial charge in [-0.3, -0.25) is 4.79 Å². The van der Waals surface area contributed by atoms with Gasteiger partial charge in [0.25, 0.3) is 0 Å². The minimum Gasteiger partial charge on any atom is -0.339 e. The molecule has 1 rings (SSSR count). The second-order valence-electron chi connectivity index (χ2n) is 6.09. The Hall–Kier alpha value is -0.500. The van der Waals surface area contributed by atoms with Crippen molar-refractivity contribution in [1.82, 2.24) is 4.90 Å². The zero-order valence-electron chi connectivity index (χ0n) is 11.3. The Morgan fingerprint density at radius 1 is 1.47 bits per heavy atom. The zero-order valence-corrected chi connectivity index (χ0v) is 12.0. The van der Waals surface area contributed by atoms with Crippen LogP contribution in [-0.2, 0) is 4.79 Å². The van der Waals surface area contributed by atoms with Gasteiger partial charge in [-0.2, -0.15) is 0 Å². The quantitative estimate of drug-likeness (QED) is 0.560. The van der Waals surface area contributed by atoms with E-state index in [1.165, 1.54) is 0 Å². The molecule has 0 aromatic carbocycles. The molecule has 1 amide bonds. The topological polar surface area (TPSA) is 20.3 Å². The zero-order chi connectivity index (χ0) is 13.1. The second-order valence-corrected chi connectivity index (χ2v) is 6.36. The molecule has 1 saturated heterocycles. The number of nitrogens with zero attached hydrogens (tertiary/aromatic N) is 1. The molecule has 0 spiro atoms. The van der Waals surface area contributed by atoms with Crippen molar-refractivity contribution in [1.29, 1.82) is 0 Å². The summed E-state index contributed by atoms with van der Waals surface area (Å²) in [7, 11) is 0. The molecular weight excluding hydrogens is 234 g/mol. The fourth-order valence-corrected chi connectivity index (χ4v) is 2.47. The van der Waals surface area contributed by atoms with Crippen molar-refractivity contribution in [3.63, 3.8) is 0 Å². The van der Waals surface area contributed by atoms with Gasteiger partial charge in [0.15, 0.2) is 0 Å². The number of alkyl halides is 1. The van der Waals surface area contributed by atoms with E-state index in [0.717, 1.165) is 25.0 Å². The van der Waals surface area contributed by atoms with Crippen LogP contribution in [-0.4, -0.2) is 29.8 Å². The molecular formula is C14H24ClNO. The number of hydrogen-bond donors (Lipinski definition) is 0. The SMILES string of the molecule is C=C(CCl)CN1CCC(C(C)(C)C)CCC1=O. The lowest BCUT2D eigenvalue weighted by Crippen LogP contribution is -2.32. The molecule has 1 atom stereocenters. The van der Waals surface area contributed by atoms with Gasteiger partial charge in [0, 0.05) is 25.4 Å². The van der Waals surface area contributed by atoms with E-state index in [1.54, 1.807) is 0 Å². The normalized spacial score (nSPS) is 22.5. The molecule has 17 heavy (non-hydrogen) atoms. The van der Waals surface area contributed by atoms with Crippen LogP contribution in [0.1, 0.15) is 40.0 Å². The Morgan fingerprint density at radius 3 is 2.65 bits per heavy atom. The van der Waals surface area contributed by atoms with Crippen LogP contribution in [0.25, 0.3) is 0 Å². The molecule has 0 aromatic heterocycles. The van der Waals surface area contributed by atoms with Gasteiger partial charge in [-0.25, -0.2) is 0 Å². The third kappa shape index (κ3) is 4.34.